The highest BCUT2D eigenvalue weighted by Crippen LogP contribution is 2.21. The van der Waals surface area contributed by atoms with Gasteiger partial charge in [-0.05, 0) is 44.9 Å². The van der Waals surface area contributed by atoms with Crippen LogP contribution in [0, 0.1) is 0 Å². The fourth-order valence-electron chi connectivity index (χ4n) is 1.63. The molecular weight excluding hydrogens is 244 g/mol. The van der Waals surface area contributed by atoms with E-state index in [-0.39, 0.29) is 5.91 Å². The zero-order valence-electron chi connectivity index (χ0n) is 11.4. The molecule has 1 N–H and O–H groups in total. The molecule has 0 aromatic heterocycles. The Kier molecular flexibility index (Phi) is 6.83. The predicted molar refractivity (Wildman–Crippen MR) is 78.3 cm³/mol. The molecule has 1 aromatic carbocycles. The van der Waals surface area contributed by atoms with Gasteiger partial charge in [0.05, 0.1) is 5.56 Å². The molecule has 100 valence electrons. The Morgan fingerprint density at radius 3 is 2.72 bits per heavy atom. The van der Waals surface area contributed by atoms with Crippen molar-refractivity contribution < 1.29 is 4.79 Å². The van der Waals surface area contributed by atoms with Crippen molar-refractivity contribution in [3.63, 3.8) is 0 Å². The van der Waals surface area contributed by atoms with Gasteiger partial charge in [0.1, 0.15) is 0 Å². The number of carbonyl (C=O) groups excluding carboxylic acids is 1. The third kappa shape index (κ3) is 5.10. The Labute approximate surface area is 114 Å². The van der Waals surface area contributed by atoms with Crippen LogP contribution in [0.2, 0.25) is 0 Å². The number of nitrogens with zero attached hydrogens (tertiary/aromatic N) is 1. The monoisotopic (exact) mass is 266 g/mol. The fraction of sp³-hybridized carbons (Fsp3) is 0.500. The van der Waals surface area contributed by atoms with E-state index in [0.717, 1.165) is 35.7 Å². The number of nitrogens with one attached hydrogen (secondary N) is 1. The van der Waals surface area contributed by atoms with Crippen LogP contribution in [-0.4, -0.2) is 43.7 Å². The van der Waals surface area contributed by atoms with E-state index < -0.39 is 0 Å². The van der Waals surface area contributed by atoms with Gasteiger partial charge in [0.25, 0.3) is 5.91 Å². The molecule has 0 saturated heterocycles. The quantitative estimate of drug-likeness (QED) is 0.608. The van der Waals surface area contributed by atoms with Gasteiger partial charge in [0.15, 0.2) is 0 Å². The molecule has 1 amide bonds. The first-order valence-corrected chi connectivity index (χ1v) is 7.28. The van der Waals surface area contributed by atoms with Crippen LogP contribution >= 0.6 is 11.8 Å². The molecule has 0 aliphatic heterocycles. The molecule has 4 heteroatoms. The van der Waals surface area contributed by atoms with Gasteiger partial charge in [-0.25, -0.2) is 0 Å². The summed E-state index contributed by atoms with van der Waals surface area (Å²) in [5.41, 5.74) is 0.786. The van der Waals surface area contributed by atoms with Gasteiger partial charge >= 0.3 is 0 Å². The summed E-state index contributed by atoms with van der Waals surface area (Å²) in [6, 6.07) is 7.78. The van der Waals surface area contributed by atoms with Gasteiger partial charge in [0, 0.05) is 11.4 Å². The SMILES string of the molecule is CCSc1ccccc1C(=O)NCCCN(C)C. The molecule has 0 bridgehead atoms. The van der Waals surface area contributed by atoms with Crippen LogP contribution in [0.15, 0.2) is 29.2 Å². The summed E-state index contributed by atoms with van der Waals surface area (Å²) < 4.78 is 0. The highest BCUT2D eigenvalue weighted by molar-refractivity contribution is 7.99. The predicted octanol–water partition coefficient (Wildman–Crippen LogP) is 2.48. The van der Waals surface area contributed by atoms with E-state index in [1.54, 1.807) is 11.8 Å². The Balaban J connectivity index is 2.50. The number of rotatable bonds is 7. The first kappa shape index (κ1) is 15.1. The van der Waals surface area contributed by atoms with E-state index in [4.69, 9.17) is 0 Å². The molecule has 1 aromatic rings. The second-order valence-electron chi connectivity index (χ2n) is 4.34. The number of amides is 1. The highest BCUT2D eigenvalue weighted by Gasteiger charge is 2.09. The van der Waals surface area contributed by atoms with Crippen molar-refractivity contribution in [1.29, 1.82) is 0 Å². The van der Waals surface area contributed by atoms with Crippen molar-refractivity contribution in [2.24, 2.45) is 0 Å². The maximum Gasteiger partial charge on any atom is 0.252 e. The van der Waals surface area contributed by atoms with Gasteiger partial charge in [-0.15, -0.1) is 11.8 Å². The average Bonchev–Trinajstić information content (AvgIpc) is 2.35. The molecule has 0 spiro atoms. The van der Waals surface area contributed by atoms with Crippen molar-refractivity contribution in [3.8, 4) is 0 Å². The van der Waals surface area contributed by atoms with E-state index in [2.05, 4.69) is 17.1 Å². The second-order valence-corrected chi connectivity index (χ2v) is 5.65. The summed E-state index contributed by atoms with van der Waals surface area (Å²) in [6.45, 7) is 3.81. The Hall–Kier alpha value is -1.00. The molecule has 0 fully saturated rings. The molecule has 0 heterocycles. The fourth-order valence-corrected chi connectivity index (χ4v) is 2.43. The van der Waals surface area contributed by atoms with E-state index in [0.29, 0.717) is 0 Å². The van der Waals surface area contributed by atoms with Gasteiger partial charge in [0.2, 0.25) is 0 Å². The van der Waals surface area contributed by atoms with Crippen LogP contribution in [0.3, 0.4) is 0 Å². The highest BCUT2D eigenvalue weighted by atomic mass is 32.2. The molecule has 1 rings (SSSR count). The minimum absolute atomic E-state index is 0.0327. The second kappa shape index (κ2) is 8.16. The van der Waals surface area contributed by atoms with Crippen molar-refractivity contribution in [2.45, 2.75) is 18.2 Å². The lowest BCUT2D eigenvalue weighted by Crippen LogP contribution is -2.27. The molecule has 0 aliphatic carbocycles. The first-order valence-electron chi connectivity index (χ1n) is 6.30. The standard InChI is InChI=1S/C14H22N2OS/c1-4-18-13-9-6-5-8-12(13)14(17)15-10-7-11-16(2)3/h5-6,8-9H,4,7,10-11H2,1-3H3,(H,15,17). The summed E-state index contributed by atoms with van der Waals surface area (Å²) in [7, 11) is 4.07. The molecule has 0 unspecified atom stereocenters. The number of carbonyl (C=O) groups is 1. The van der Waals surface area contributed by atoms with Crippen LogP contribution in [0.5, 0.6) is 0 Å². The van der Waals surface area contributed by atoms with Gasteiger partial charge in [-0.3, -0.25) is 4.79 Å². The van der Waals surface area contributed by atoms with Crippen molar-refractivity contribution in [1.82, 2.24) is 10.2 Å². The van der Waals surface area contributed by atoms with Crippen LogP contribution in [0.4, 0.5) is 0 Å². The lowest BCUT2D eigenvalue weighted by molar-refractivity contribution is 0.0949. The van der Waals surface area contributed by atoms with Crippen molar-refractivity contribution >= 4 is 17.7 Å². The van der Waals surface area contributed by atoms with Gasteiger partial charge in [-0.2, -0.15) is 0 Å². The van der Waals surface area contributed by atoms with E-state index in [9.17, 15) is 4.79 Å². The number of benzene rings is 1. The zero-order valence-corrected chi connectivity index (χ0v) is 12.2. The van der Waals surface area contributed by atoms with Crippen LogP contribution in [0.25, 0.3) is 0 Å². The molecule has 0 atom stereocenters. The zero-order chi connectivity index (χ0) is 13.4. The molecule has 3 nitrogen and oxygen atoms in total. The summed E-state index contributed by atoms with van der Waals surface area (Å²) in [6.07, 6.45) is 0.974. The first-order chi connectivity index (χ1) is 8.65. The lowest BCUT2D eigenvalue weighted by Gasteiger charge is -2.11. The average molecular weight is 266 g/mol. The van der Waals surface area contributed by atoms with E-state index >= 15 is 0 Å². The normalized spacial score (nSPS) is 10.7. The Morgan fingerprint density at radius 2 is 2.06 bits per heavy atom. The summed E-state index contributed by atoms with van der Waals surface area (Å²) in [5.74, 6) is 1.01. The summed E-state index contributed by atoms with van der Waals surface area (Å²) in [4.78, 5) is 15.2. The van der Waals surface area contributed by atoms with E-state index in [1.165, 1.54) is 0 Å². The van der Waals surface area contributed by atoms with Crippen LogP contribution in [0.1, 0.15) is 23.7 Å². The minimum Gasteiger partial charge on any atom is -0.352 e. The maximum absolute atomic E-state index is 12.0. The molecule has 0 saturated carbocycles. The molecule has 0 aliphatic rings. The minimum atomic E-state index is 0.0327. The van der Waals surface area contributed by atoms with Crippen molar-refractivity contribution in [3.05, 3.63) is 29.8 Å². The van der Waals surface area contributed by atoms with Crippen LogP contribution < -0.4 is 5.32 Å². The largest absolute Gasteiger partial charge is 0.352 e. The lowest BCUT2D eigenvalue weighted by atomic mass is 10.2. The summed E-state index contributed by atoms with van der Waals surface area (Å²) in [5, 5.41) is 2.97. The smallest absolute Gasteiger partial charge is 0.252 e. The topological polar surface area (TPSA) is 32.3 Å². The molecule has 0 radical (unpaired) electrons. The number of hydrogen-bond acceptors (Lipinski definition) is 3. The third-order valence-corrected chi connectivity index (χ3v) is 3.45. The van der Waals surface area contributed by atoms with E-state index in [1.807, 2.05) is 38.4 Å². The van der Waals surface area contributed by atoms with Crippen molar-refractivity contribution in [2.75, 3.05) is 32.9 Å². The van der Waals surface area contributed by atoms with Gasteiger partial charge < -0.3 is 10.2 Å². The van der Waals surface area contributed by atoms with Gasteiger partial charge in [-0.1, -0.05) is 19.1 Å². The number of hydrogen-bond donors (Lipinski definition) is 1. The van der Waals surface area contributed by atoms with Crippen LogP contribution in [-0.2, 0) is 0 Å². The maximum atomic E-state index is 12.0. The third-order valence-electron chi connectivity index (χ3n) is 2.50. The summed E-state index contributed by atoms with van der Waals surface area (Å²) >= 11 is 1.71. The Bertz CT molecular complexity index is 380. The Morgan fingerprint density at radius 1 is 1.33 bits per heavy atom. The molecule has 18 heavy (non-hydrogen) atoms. The molecular formula is C14H22N2OS. The number of thioether (sulfide) groups is 1.